The number of methoxy groups -OCH3 is 1. The number of rotatable bonds is 11. The van der Waals surface area contributed by atoms with Crippen molar-refractivity contribution in [2.45, 2.75) is 38.3 Å². The number of likely N-dealkylation sites (N-methyl/N-ethyl adjacent to an activating group) is 1. The largest absolute Gasteiger partial charge is 0.497 e. The van der Waals surface area contributed by atoms with Crippen LogP contribution in [0.4, 0.5) is 5.69 Å². The molecule has 3 aromatic carbocycles. The van der Waals surface area contributed by atoms with E-state index < -0.39 is 28.5 Å². The van der Waals surface area contributed by atoms with Crippen LogP contribution < -0.4 is 14.4 Å². The van der Waals surface area contributed by atoms with Crippen LogP contribution in [-0.2, 0) is 26.2 Å². The number of nitrogens with one attached hydrogen (secondary N) is 1. The first-order chi connectivity index (χ1) is 17.7. The summed E-state index contributed by atoms with van der Waals surface area (Å²) in [4.78, 5) is 28.0. The van der Waals surface area contributed by atoms with Gasteiger partial charge in [0.1, 0.15) is 18.3 Å². The highest BCUT2D eigenvalue weighted by atomic mass is 32.2. The van der Waals surface area contributed by atoms with E-state index in [9.17, 15) is 18.0 Å². The molecule has 0 radical (unpaired) electrons. The van der Waals surface area contributed by atoms with Crippen molar-refractivity contribution in [1.29, 1.82) is 0 Å². The van der Waals surface area contributed by atoms with Crippen LogP contribution in [0.3, 0.4) is 0 Å². The van der Waals surface area contributed by atoms with Crippen molar-refractivity contribution in [1.82, 2.24) is 10.2 Å². The predicted molar refractivity (Wildman–Crippen MR) is 144 cm³/mol. The first kappa shape index (κ1) is 27.7. The Morgan fingerprint density at radius 3 is 2.14 bits per heavy atom. The normalized spacial score (nSPS) is 11.9. The lowest BCUT2D eigenvalue weighted by atomic mass is 10.1. The number of carbonyl (C=O) groups excluding carboxylic acids is 2. The van der Waals surface area contributed by atoms with Crippen LogP contribution in [0.2, 0.25) is 0 Å². The Morgan fingerprint density at radius 1 is 0.946 bits per heavy atom. The molecule has 0 fully saturated rings. The molecule has 0 bridgehead atoms. The lowest BCUT2D eigenvalue weighted by Crippen LogP contribution is -2.51. The number of carbonyl (C=O) groups is 2. The van der Waals surface area contributed by atoms with Gasteiger partial charge < -0.3 is 15.0 Å². The van der Waals surface area contributed by atoms with Crippen molar-refractivity contribution < 1.29 is 22.7 Å². The smallest absolute Gasteiger partial charge is 0.264 e. The van der Waals surface area contributed by atoms with Crippen molar-refractivity contribution in [2.24, 2.45) is 0 Å². The molecule has 0 aliphatic heterocycles. The molecule has 2 amide bonds. The molecule has 1 N–H and O–H groups in total. The van der Waals surface area contributed by atoms with E-state index in [1.54, 1.807) is 75.6 Å². The van der Waals surface area contributed by atoms with Crippen molar-refractivity contribution in [2.75, 3.05) is 24.5 Å². The van der Waals surface area contributed by atoms with E-state index in [2.05, 4.69) is 5.32 Å². The third kappa shape index (κ3) is 6.89. The molecule has 3 aromatic rings. The summed E-state index contributed by atoms with van der Waals surface area (Å²) in [5, 5.41) is 2.75. The van der Waals surface area contributed by atoms with Gasteiger partial charge in [-0.15, -0.1) is 0 Å². The molecule has 0 saturated heterocycles. The Bertz CT molecular complexity index is 1290. The molecule has 0 aliphatic rings. The summed E-state index contributed by atoms with van der Waals surface area (Å²) in [6, 6.07) is 21.3. The van der Waals surface area contributed by atoms with Gasteiger partial charge in [-0.3, -0.25) is 13.9 Å². The van der Waals surface area contributed by atoms with Crippen LogP contribution in [0.15, 0.2) is 83.8 Å². The molecule has 0 aliphatic carbocycles. The molecule has 0 saturated carbocycles. The van der Waals surface area contributed by atoms with Crippen LogP contribution in [-0.4, -0.2) is 51.4 Å². The Balaban J connectivity index is 1.98. The molecule has 0 heterocycles. The number of hydrogen-bond donors (Lipinski definition) is 1. The third-order valence-electron chi connectivity index (χ3n) is 5.96. The lowest BCUT2D eigenvalue weighted by molar-refractivity contribution is -0.139. The fourth-order valence-electron chi connectivity index (χ4n) is 3.79. The first-order valence-corrected chi connectivity index (χ1v) is 13.5. The summed E-state index contributed by atoms with van der Waals surface area (Å²) in [7, 11) is -2.50. The Morgan fingerprint density at radius 2 is 1.57 bits per heavy atom. The molecule has 1 atom stereocenters. The molecule has 8 nitrogen and oxygen atoms in total. The highest BCUT2D eigenvalue weighted by molar-refractivity contribution is 7.92. The fourth-order valence-corrected chi connectivity index (χ4v) is 5.21. The van der Waals surface area contributed by atoms with Crippen LogP contribution in [0.5, 0.6) is 5.75 Å². The Hall–Kier alpha value is -3.85. The second-order valence-electron chi connectivity index (χ2n) is 8.60. The minimum atomic E-state index is -4.07. The highest BCUT2D eigenvalue weighted by Gasteiger charge is 2.32. The molecule has 37 heavy (non-hydrogen) atoms. The van der Waals surface area contributed by atoms with E-state index in [0.29, 0.717) is 18.0 Å². The summed E-state index contributed by atoms with van der Waals surface area (Å²) in [6.45, 7) is 5.36. The van der Waals surface area contributed by atoms with Gasteiger partial charge in [-0.2, -0.15) is 0 Å². The van der Waals surface area contributed by atoms with E-state index in [1.165, 1.54) is 17.0 Å². The average Bonchev–Trinajstić information content (AvgIpc) is 2.91. The fraction of sp³-hybridized carbons (Fsp3) is 0.286. The average molecular weight is 524 g/mol. The van der Waals surface area contributed by atoms with Gasteiger partial charge in [0.15, 0.2) is 0 Å². The molecule has 0 aromatic heterocycles. The maximum Gasteiger partial charge on any atom is 0.264 e. The number of sulfonamides is 1. The van der Waals surface area contributed by atoms with Crippen LogP contribution in [0.1, 0.15) is 25.0 Å². The monoisotopic (exact) mass is 523 g/mol. The molecule has 0 spiro atoms. The summed E-state index contributed by atoms with van der Waals surface area (Å²) >= 11 is 0. The number of nitrogens with zero attached hydrogens (tertiary/aromatic N) is 2. The Labute approximate surface area is 218 Å². The lowest BCUT2D eigenvalue weighted by Gasteiger charge is -2.32. The highest BCUT2D eigenvalue weighted by Crippen LogP contribution is 2.25. The first-order valence-electron chi connectivity index (χ1n) is 12.0. The van der Waals surface area contributed by atoms with Gasteiger partial charge in [-0.25, -0.2) is 8.42 Å². The number of ether oxygens (including phenoxy) is 1. The quantitative estimate of drug-likeness (QED) is 0.413. The molecule has 9 heteroatoms. The zero-order valence-electron chi connectivity index (χ0n) is 21.5. The van der Waals surface area contributed by atoms with Crippen LogP contribution in [0.25, 0.3) is 0 Å². The van der Waals surface area contributed by atoms with Crippen molar-refractivity contribution in [3.8, 4) is 5.75 Å². The minimum absolute atomic E-state index is 0.0771. The van der Waals surface area contributed by atoms with Crippen molar-refractivity contribution in [3.05, 3.63) is 90.0 Å². The standard InChI is InChI=1S/C28H33N3O5S/c1-5-29-28(33)22(3)30(19-23-13-15-25(36-4)16-14-23)27(32)20-31(24-9-7-6-8-10-24)37(34,35)26-17-11-21(2)12-18-26/h6-18,22H,5,19-20H2,1-4H3,(H,29,33)/t22-/m1/s1. The van der Waals surface area contributed by atoms with Crippen molar-refractivity contribution >= 4 is 27.5 Å². The van der Waals surface area contributed by atoms with E-state index >= 15 is 0 Å². The van der Waals surface area contributed by atoms with Crippen LogP contribution >= 0.6 is 0 Å². The molecule has 3 rings (SSSR count). The summed E-state index contributed by atoms with van der Waals surface area (Å²) < 4.78 is 33.7. The topological polar surface area (TPSA) is 96.0 Å². The van der Waals surface area contributed by atoms with Gasteiger partial charge in [0.2, 0.25) is 11.8 Å². The molecule has 0 unspecified atom stereocenters. The van der Waals surface area contributed by atoms with Gasteiger partial charge in [0.05, 0.1) is 17.7 Å². The number of benzene rings is 3. The maximum absolute atomic E-state index is 13.8. The second-order valence-corrected chi connectivity index (χ2v) is 10.5. The molecular weight excluding hydrogens is 490 g/mol. The molecular formula is C28H33N3O5S. The number of aryl methyl sites for hydroxylation is 1. The maximum atomic E-state index is 13.8. The molecule has 196 valence electrons. The van der Waals surface area contributed by atoms with E-state index in [0.717, 1.165) is 15.4 Å². The number of amides is 2. The Kier molecular flexibility index (Phi) is 9.30. The van der Waals surface area contributed by atoms with E-state index in [4.69, 9.17) is 4.74 Å². The predicted octanol–water partition coefficient (Wildman–Crippen LogP) is 3.75. The summed E-state index contributed by atoms with van der Waals surface area (Å²) in [5.41, 5.74) is 2.05. The SMILES string of the molecule is CCNC(=O)[C@@H](C)N(Cc1ccc(OC)cc1)C(=O)CN(c1ccccc1)S(=O)(=O)c1ccc(C)cc1. The number of hydrogen-bond acceptors (Lipinski definition) is 5. The number of para-hydroxylation sites is 1. The minimum Gasteiger partial charge on any atom is -0.497 e. The van der Waals surface area contributed by atoms with Gasteiger partial charge in [-0.1, -0.05) is 48.0 Å². The van der Waals surface area contributed by atoms with Gasteiger partial charge >= 0.3 is 0 Å². The zero-order valence-corrected chi connectivity index (χ0v) is 22.4. The number of anilines is 1. The van der Waals surface area contributed by atoms with Crippen molar-refractivity contribution in [3.63, 3.8) is 0 Å². The summed E-state index contributed by atoms with van der Waals surface area (Å²) in [6.07, 6.45) is 0. The van der Waals surface area contributed by atoms with Gasteiger partial charge in [-0.05, 0) is 62.7 Å². The zero-order chi connectivity index (χ0) is 27.0. The van der Waals surface area contributed by atoms with Crippen LogP contribution in [0, 0.1) is 6.92 Å². The second kappa shape index (κ2) is 12.4. The third-order valence-corrected chi connectivity index (χ3v) is 7.75. The van der Waals surface area contributed by atoms with E-state index in [-0.39, 0.29) is 17.3 Å². The summed E-state index contributed by atoms with van der Waals surface area (Å²) in [5.74, 6) is -0.163. The van der Waals surface area contributed by atoms with Gasteiger partial charge in [0.25, 0.3) is 10.0 Å². The van der Waals surface area contributed by atoms with Gasteiger partial charge in [0, 0.05) is 13.1 Å². The van der Waals surface area contributed by atoms with E-state index in [1.807, 2.05) is 19.1 Å².